The summed E-state index contributed by atoms with van der Waals surface area (Å²) in [6.07, 6.45) is 0. The Labute approximate surface area is 143 Å². The average Bonchev–Trinajstić information content (AvgIpc) is 2.85. The minimum Gasteiger partial charge on any atom is -0.453 e. The fourth-order valence-electron chi connectivity index (χ4n) is 2.37. The smallest absolute Gasteiger partial charge is 0.171 e. The molecular formula is C18H13ClFN3O. The van der Waals surface area contributed by atoms with Crippen molar-refractivity contribution in [3.05, 3.63) is 70.3 Å². The molecule has 4 nitrogen and oxygen atoms in total. The molecule has 0 bridgehead atoms. The van der Waals surface area contributed by atoms with Crippen LogP contribution in [-0.4, -0.2) is 9.78 Å². The number of nitriles is 1. The molecule has 3 aromatic rings. The third kappa shape index (κ3) is 2.97. The predicted octanol–water partition coefficient (Wildman–Crippen LogP) is 4.95. The highest BCUT2D eigenvalue weighted by molar-refractivity contribution is 6.31. The molecule has 0 saturated heterocycles. The van der Waals surface area contributed by atoms with Gasteiger partial charge in [-0.2, -0.15) is 10.4 Å². The molecule has 0 aliphatic carbocycles. The van der Waals surface area contributed by atoms with Crippen LogP contribution in [-0.2, 0) is 0 Å². The molecule has 0 unspecified atom stereocenters. The summed E-state index contributed by atoms with van der Waals surface area (Å²) < 4.78 is 20.5. The van der Waals surface area contributed by atoms with E-state index in [0.717, 1.165) is 11.4 Å². The van der Waals surface area contributed by atoms with Crippen LogP contribution in [0.3, 0.4) is 0 Å². The number of halogens is 2. The van der Waals surface area contributed by atoms with Gasteiger partial charge in [-0.15, -0.1) is 0 Å². The van der Waals surface area contributed by atoms with Gasteiger partial charge in [0.15, 0.2) is 5.75 Å². The van der Waals surface area contributed by atoms with Gasteiger partial charge in [0.25, 0.3) is 0 Å². The van der Waals surface area contributed by atoms with Gasteiger partial charge in [-0.25, -0.2) is 9.07 Å². The monoisotopic (exact) mass is 341 g/mol. The molecule has 0 amide bonds. The minimum atomic E-state index is -0.321. The highest BCUT2D eigenvalue weighted by Gasteiger charge is 2.16. The van der Waals surface area contributed by atoms with Crippen LogP contribution in [0.5, 0.6) is 11.5 Å². The van der Waals surface area contributed by atoms with Crippen LogP contribution < -0.4 is 4.74 Å². The molecule has 0 fully saturated rings. The van der Waals surface area contributed by atoms with Crippen molar-refractivity contribution in [2.75, 3.05) is 0 Å². The first-order valence-electron chi connectivity index (χ1n) is 7.19. The van der Waals surface area contributed by atoms with Crippen molar-refractivity contribution >= 4 is 11.6 Å². The summed E-state index contributed by atoms with van der Waals surface area (Å²) in [6, 6.07) is 12.9. The van der Waals surface area contributed by atoms with Crippen molar-refractivity contribution in [3.8, 4) is 23.3 Å². The molecule has 24 heavy (non-hydrogen) atoms. The van der Waals surface area contributed by atoms with Crippen LogP contribution >= 0.6 is 11.6 Å². The van der Waals surface area contributed by atoms with Crippen LogP contribution in [0.4, 0.5) is 4.39 Å². The number of nitrogens with zero attached hydrogens (tertiary/aromatic N) is 3. The van der Waals surface area contributed by atoms with Gasteiger partial charge in [-0.05, 0) is 56.3 Å². The third-order valence-electron chi connectivity index (χ3n) is 3.58. The van der Waals surface area contributed by atoms with E-state index in [9.17, 15) is 4.39 Å². The second kappa shape index (κ2) is 6.34. The Morgan fingerprint density at radius 1 is 1.17 bits per heavy atom. The molecule has 0 radical (unpaired) electrons. The summed E-state index contributed by atoms with van der Waals surface area (Å²) in [4.78, 5) is 0. The van der Waals surface area contributed by atoms with Gasteiger partial charge in [0, 0.05) is 0 Å². The molecule has 1 heterocycles. The van der Waals surface area contributed by atoms with Gasteiger partial charge in [-0.3, -0.25) is 0 Å². The maximum Gasteiger partial charge on any atom is 0.171 e. The molecular weight excluding hydrogens is 329 g/mol. The number of rotatable bonds is 3. The van der Waals surface area contributed by atoms with Crippen LogP contribution in [0, 0.1) is 31.0 Å². The van der Waals surface area contributed by atoms with E-state index < -0.39 is 0 Å². The molecule has 0 aliphatic heterocycles. The molecule has 120 valence electrons. The number of hydrogen-bond donors (Lipinski definition) is 0. The summed E-state index contributed by atoms with van der Waals surface area (Å²) in [5, 5.41) is 13.8. The number of hydrogen-bond acceptors (Lipinski definition) is 3. The average molecular weight is 342 g/mol. The number of aryl methyl sites for hydroxylation is 1. The Bertz CT molecular complexity index is 942. The normalized spacial score (nSPS) is 10.5. The summed E-state index contributed by atoms with van der Waals surface area (Å²) in [5.74, 6) is 0.806. The quantitative estimate of drug-likeness (QED) is 0.677. The lowest BCUT2D eigenvalue weighted by molar-refractivity contribution is 0.473. The number of benzene rings is 2. The number of ether oxygens (including phenoxy) is 1. The van der Waals surface area contributed by atoms with Crippen molar-refractivity contribution in [2.24, 2.45) is 0 Å². The molecule has 0 atom stereocenters. The minimum absolute atomic E-state index is 0.321. The second-order valence-electron chi connectivity index (χ2n) is 5.24. The van der Waals surface area contributed by atoms with E-state index in [1.54, 1.807) is 35.0 Å². The summed E-state index contributed by atoms with van der Waals surface area (Å²) in [6.45, 7) is 3.69. The lowest BCUT2D eigenvalue weighted by Crippen LogP contribution is -1.99. The third-order valence-corrected chi connectivity index (χ3v) is 3.89. The Kier molecular flexibility index (Phi) is 4.24. The van der Waals surface area contributed by atoms with Crippen molar-refractivity contribution in [1.82, 2.24) is 9.78 Å². The maximum atomic E-state index is 13.0. The van der Waals surface area contributed by atoms with E-state index in [4.69, 9.17) is 21.6 Å². The lowest BCUT2D eigenvalue weighted by atomic mass is 10.2. The summed E-state index contributed by atoms with van der Waals surface area (Å²) >= 11 is 6.09. The van der Waals surface area contributed by atoms with E-state index in [2.05, 4.69) is 5.10 Å². The van der Waals surface area contributed by atoms with Crippen LogP contribution in [0.2, 0.25) is 5.02 Å². The summed E-state index contributed by atoms with van der Waals surface area (Å²) in [7, 11) is 0. The van der Waals surface area contributed by atoms with Crippen molar-refractivity contribution in [2.45, 2.75) is 13.8 Å². The van der Waals surface area contributed by atoms with Crippen LogP contribution in [0.25, 0.3) is 5.69 Å². The molecule has 3 rings (SSSR count). The largest absolute Gasteiger partial charge is 0.453 e. The van der Waals surface area contributed by atoms with Crippen molar-refractivity contribution in [3.63, 3.8) is 0 Å². The topological polar surface area (TPSA) is 50.8 Å². The predicted molar refractivity (Wildman–Crippen MR) is 89.2 cm³/mol. The van der Waals surface area contributed by atoms with Gasteiger partial charge in [-0.1, -0.05) is 11.6 Å². The molecule has 2 aromatic carbocycles. The van der Waals surface area contributed by atoms with Crippen LogP contribution in [0.1, 0.15) is 17.0 Å². The van der Waals surface area contributed by atoms with Gasteiger partial charge in [0.2, 0.25) is 0 Å². The first-order valence-corrected chi connectivity index (χ1v) is 7.57. The second-order valence-corrected chi connectivity index (χ2v) is 5.65. The first-order chi connectivity index (χ1) is 11.5. The molecule has 0 saturated carbocycles. The Balaban J connectivity index is 1.99. The van der Waals surface area contributed by atoms with Gasteiger partial charge in [0.05, 0.1) is 22.0 Å². The van der Waals surface area contributed by atoms with Crippen LogP contribution in [0.15, 0.2) is 42.5 Å². The first kappa shape index (κ1) is 16.0. The Morgan fingerprint density at radius 3 is 2.50 bits per heavy atom. The Morgan fingerprint density at radius 2 is 1.88 bits per heavy atom. The van der Waals surface area contributed by atoms with Crippen molar-refractivity contribution in [1.29, 1.82) is 5.26 Å². The zero-order chi connectivity index (χ0) is 17.3. The molecule has 1 aromatic heterocycles. The van der Waals surface area contributed by atoms with E-state index in [-0.39, 0.29) is 5.82 Å². The van der Waals surface area contributed by atoms with Gasteiger partial charge < -0.3 is 4.74 Å². The lowest BCUT2D eigenvalue weighted by Gasteiger charge is -2.08. The van der Waals surface area contributed by atoms with E-state index in [0.29, 0.717) is 27.8 Å². The number of aromatic nitrogens is 2. The standard InChI is InChI=1S/C18H13ClFN3O/c1-11-18(24-16-7-4-14(20)5-8-16)12(2)23(22-11)15-6-3-13(10-21)17(19)9-15/h3-9H,1-2H3. The highest BCUT2D eigenvalue weighted by atomic mass is 35.5. The maximum absolute atomic E-state index is 13.0. The Hall–Kier alpha value is -2.84. The zero-order valence-electron chi connectivity index (χ0n) is 13.0. The summed E-state index contributed by atoms with van der Waals surface area (Å²) in [5.41, 5.74) is 2.60. The fourth-order valence-corrected chi connectivity index (χ4v) is 2.59. The molecule has 0 N–H and O–H groups in total. The fraction of sp³-hybridized carbons (Fsp3) is 0.111. The van der Waals surface area contributed by atoms with Gasteiger partial charge in [0.1, 0.15) is 23.3 Å². The highest BCUT2D eigenvalue weighted by Crippen LogP contribution is 2.31. The van der Waals surface area contributed by atoms with E-state index in [1.165, 1.54) is 12.1 Å². The molecule has 0 spiro atoms. The zero-order valence-corrected chi connectivity index (χ0v) is 13.8. The van der Waals surface area contributed by atoms with E-state index in [1.807, 2.05) is 19.9 Å². The SMILES string of the molecule is Cc1nn(-c2ccc(C#N)c(Cl)c2)c(C)c1Oc1ccc(F)cc1. The molecule has 6 heteroatoms. The van der Waals surface area contributed by atoms with Gasteiger partial charge >= 0.3 is 0 Å². The molecule has 0 aliphatic rings. The van der Waals surface area contributed by atoms with E-state index >= 15 is 0 Å². The van der Waals surface area contributed by atoms with Crippen molar-refractivity contribution < 1.29 is 9.13 Å².